The van der Waals surface area contributed by atoms with E-state index in [0.29, 0.717) is 17.3 Å². The number of likely N-dealkylation sites (tertiary alicyclic amines) is 1. The van der Waals surface area contributed by atoms with Crippen LogP contribution in [-0.2, 0) is 4.79 Å². The number of benzene rings is 1. The third kappa shape index (κ3) is 3.17. The van der Waals surface area contributed by atoms with E-state index in [2.05, 4.69) is 17.6 Å². The minimum absolute atomic E-state index is 0.0466. The smallest absolute Gasteiger partial charge is 0.321 e. The molecule has 21 heavy (non-hydrogen) atoms. The van der Waals surface area contributed by atoms with Crippen molar-refractivity contribution in [2.45, 2.75) is 26.2 Å². The lowest BCUT2D eigenvalue weighted by Crippen LogP contribution is -2.32. The van der Waals surface area contributed by atoms with Crippen LogP contribution in [0.3, 0.4) is 0 Å². The largest absolute Gasteiger partial charge is 0.325 e. The summed E-state index contributed by atoms with van der Waals surface area (Å²) in [6, 6.07) is 7.27. The molecule has 112 valence electrons. The van der Waals surface area contributed by atoms with Gasteiger partial charge < -0.3 is 15.5 Å². The van der Waals surface area contributed by atoms with Gasteiger partial charge in [-0.1, -0.05) is 19.1 Å². The number of carbonyl (C=O) groups excluding carboxylic acids is 2. The van der Waals surface area contributed by atoms with Crippen LogP contribution in [0, 0.1) is 11.8 Å². The van der Waals surface area contributed by atoms with E-state index in [1.54, 1.807) is 0 Å². The maximum Gasteiger partial charge on any atom is 0.321 e. The summed E-state index contributed by atoms with van der Waals surface area (Å²) >= 11 is 0. The predicted molar refractivity (Wildman–Crippen MR) is 82.2 cm³/mol. The van der Waals surface area contributed by atoms with Crippen molar-refractivity contribution in [2.24, 2.45) is 11.8 Å². The zero-order valence-electron chi connectivity index (χ0n) is 12.3. The molecule has 0 bridgehead atoms. The Labute approximate surface area is 124 Å². The molecule has 1 aromatic carbocycles. The Morgan fingerprint density at radius 3 is 2.24 bits per heavy atom. The molecule has 1 aliphatic heterocycles. The highest BCUT2D eigenvalue weighted by Gasteiger charge is 2.39. The second kappa shape index (κ2) is 5.76. The molecular weight excluding hydrogens is 266 g/mol. The van der Waals surface area contributed by atoms with Crippen molar-refractivity contribution in [1.29, 1.82) is 0 Å². The number of anilines is 2. The molecular formula is C16H21N3O2. The monoisotopic (exact) mass is 287 g/mol. The fourth-order valence-corrected chi connectivity index (χ4v) is 2.73. The second-order valence-electron chi connectivity index (χ2n) is 5.98. The standard InChI is InChI=1S/C16H21N3O2/c1-11-10-12(11)15(20)17-13-6-2-3-7-14(13)18-16(21)19-8-4-5-9-19/h2-3,6-7,11-12H,4-5,8-10H2,1H3,(H,17,20)(H,18,21)/t11-,12-/m0/s1. The molecule has 1 saturated heterocycles. The van der Waals surface area contributed by atoms with Crippen LogP contribution >= 0.6 is 0 Å². The van der Waals surface area contributed by atoms with Gasteiger partial charge in [0.05, 0.1) is 11.4 Å². The first-order chi connectivity index (χ1) is 10.1. The molecule has 1 heterocycles. The Kier molecular flexibility index (Phi) is 3.82. The quantitative estimate of drug-likeness (QED) is 0.898. The van der Waals surface area contributed by atoms with E-state index in [-0.39, 0.29) is 17.9 Å². The number of nitrogens with zero attached hydrogens (tertiary/aromatic N) is 1. The second-order valence-corrected chi connectivity index (χ2v) is 5.98. The highest BCUT2D eigenvalue weighted by atomic mass is 16.2. The normalized spacial score (nSPS) is 23.8. The van der Waals surface area contributed by atoms with Gasteiger partial charge in [0, 0.05) is 19.0 Å². The molecule has 0 radical (unpaired) electrons. The Morgan fingerprint density at radius 1 is 1.10 bits per heavy atom. The molecule has 3 rings (SSSR count). The topological polar surface area (TPSA) is 61.4 Å². The van der Waals surface area contributed by atoms with Gasteiger partial charge in [0.15, 0.2) is 0 Å². The number of amides is 3. The third-order valence-electron chi connectivity index (χ3n) is 4.27. The van der Waals surface area contributed by atoms with Gasteiger partial charge in [0.1, 0.15) is 0 Å². The van der Waals surface area contributed by atoms with Crippen LogP contribution < -0.4 is 10.6 Å². The van der Waals surface area contributed by atoms with Crippen molar-refractivity contribution in [3.63, 3.8) is 0 Å². The summed E-state index contributed by atoms with van der Waals surface area (Å²) in [5.74, 6) is 0.633. The van der Waals surface area contributed by atoms with Gasteiger partial charge in [-0.25, -0.2) is 4.79 Å². The summed E-state index contributed by atoms with van der Waals surface area (Å²) in [7, 11) is 0. The van der Waals surface area contributed by atoms with Gasteiger partial charge in [-0.2, -0.15) is 0 Å². The van der Waals surface area contributed by atoms with E-state index in [1.807, 2.05) is 29.2 Å². The lowest BCUT2D eigenvalue weighted by Gasteiger charge is -2.18. The molecule has 2 N–H and O–H groups in total. The molecule has 0 spiro atoms. The summed E-state index contributed by atoms with van der Waals surface area (Å²) in [6.45, 7) is 3.69. The Balaban J connectivity index is 1.67. The SMILES string of the molecule is C[C@H]1C[C@@H]1C(=O)Nc1ccccc1NC(=O)N1CCCC1. The molecule has 1 saturated carbocycles. The number of hydrogen-bond donors (Lipinski definition) is 2. The number of para-hydroxylation sites is 2. The van der Waals surface area contributed by atoms with E-state index in [0.717, 1.165) is 32.4 Å². The van der Waals surface area contributed by atoms with Crippen LogP contribution in [0.5, 0.6) is 0 Å². The first kappa shape index (κ1) is 13.9. The lowest BCUT2D eigenvalue weighted by molar-refractivity contribution is -0.117. The maximum absolute atomic E-state index is 12.2. The van der Waals surface area contributed by atoms with E-state index in [1.165, 1.54) is 0 Å². The average molecular weight is 287 g/mol. The Hall–Kier alpha value is -2.04. The zero-order valence-corrected chi connectivity index (χ0v) is 12.3. The summed E-state index contributed by atoms with van der Waals surface area (Å²) in [4.78, 5) is 26.0. The maximum atomic E-state index is 12.2. The molecule has 1 aliphatic carbocycles. The van der Waals surface area contributed by atoms with Crippen molar-refractivity contribution in [3.05, 3.63) is 24.3 Å². The molecule has 2 fully saturated rings. The van der Waals surface area contributed by atoms with E-state index in [9.17, 15) is 9.59 Å². The molecule has 2 aliphatic rings. The van der Waals surface area contributed by atoms with Crippen LogP contribution in [0.25, 0.3) is 0 Å². The fraction of sp³-hybridized carbons (Fsp3) is 0.500. The summed E-state index contributed by atoms with van der Waals surface area (Å²) in [5.41, 5.74) is 1.34. The molecule has 5 heteroatoms. The summed E-state index contributed by atoms with van der Waals surface area (Å²) < 4.78 is 0. The van der Waals surface area contributed by atoms with Gasteiger partial charge in [-0.05, 0) is 37.3 Å². The summed E-state index contributed by atoms with van der Waals surface area (Å²) in [6.07, 6.45) is 3.07. The summed E-state index contributed by atoms with van der Waals surface area (Å²) in [5, 5.41) is 5.83. The van der Waals surface area contributed by atoms with Gasteiger partial charge in [0.25, 0.3) is 0 Å². The third-order valence-corrected chi connectivity index (χ3v) is 4.27. The first-order valence-corrected chi connectivity index (χ1v) is 7.61. The van der Waals surface area contributed by atoms with Crippen LogP contribution in [-0.4, -0.2) is 29.9 Å². The van der Waals surface area contributed by atoms with Gasteiger partial charge in [-0.3, -0.25) is 4.79 Å². The Bertz CT molecular complexity index is 552. The first-order valence-electron chi connectivity index (χ1n) is 7.61. The fourth-order valence-electron chi connectivity index (χ4n) is 2.73. The van der Waals surface area contributed by atoms with Crippen LogP contribution in [0.4, 0.5) is 16.2 Å². The number of nitrogens with one attached hydrogen (secondary N) is 2. The number of hydrogen-bond acceptors (Lipinski definition) is 2. The van der Waals surface area contributed by atoms with Gasteiger partial charge >= 0.3 is 6.03 Å². The van der Waals surface area contributed by atoms with E-state index < -0.39 is 0 Å². The number of urea groups is 1. The molecule has 5 nitrogen and oxygen atoms in total. The van der Waals surface area contributed by atoms with Gasteiger partial charge in [0.2, 0.25) is 5.91 Å². The van der Waals surface area contributed by atoms with Crippen molar-refractivity contribution in [1.82, 2.24) is 4.90 Å². The Morgan fingerprint density at radius 2 is 1.67 bits per heavy atom. The molecule has 2 atom stereocenters. The minimum atomic E-state index is -0.0889. The van der Waals surface area contributed by atoms with Crippen molar-refractivity contribution >= 4 is 23.3 Å². The lowest BCUT2D eigenvalue weighted by atomic mass is 10.2. The average Bonchev–Trinajstić information content (AvgIpc) is 2.99. The van der Waals surface area contributed by atoms with Crippen molar-refractivity contribution in [2.75, 3.05) is 23.7 Å². The van der Waals surface area contributed by atoms with Gasteiger partial charge in [-0.15, -0.1) is 0 Å². The number of rotatable bonds is 3. The minimum Gasteiger partial charge on any atom is -0.325 e. The molecule has 3 amide bonds. The van der Waals surface area contributed by atoms with E-state index in [4.69, 9.17) is 0 Å². The highest BCUT2D eigenvalue weighted by Crippen LogP contribution is 2.39. The molecule has 1 aromatic rings. The highest BCUT2D eigenvalue weighted by molar-refractivity contribution is 6.00. The van der Waals surface area contributed by atoms with Crippen molar-refractivity contribution in [3.8, 4) is 0 Å². The zero-order chi connectivity index (χ0) is 14.8. The van der Waals surface area contributed by atoms with Crippen LogP contribution in [0.1, 0.15) is 26.2 Å². The van der Waals surface area contributed by atoms with E-state index >= 15 is 0 Å². The molecule has 0 unspecified atom stereocenters. The van der Waals surface area contributed by atoms with Crippen LogP contribution in [0.15, 0.2) is 24.3 Å². The van der Waals surface area contributed by atoms with Crippen LogP contribution in [0.2, 0.25) is 0 Å². The predicted octanol–water partition coefficient (Wildman–Crippen LogP) is 2.91. The molecule has 0 aromatic heterocycles. The number of carbonyl (C=O) groups is 2. The van der Waals surface area contributed by atoms with Crippen molar-refractivity contribution < 1.29 is 9.59 Å².